The van der Waals surface area contributed by atoms with E-state index in [2.05, 4.69) is 5.32 Å². The van der Waals surface area contributed by atoms with Crippen molar-refractivity contribution in [2.75, 3.05) is 20.8 Å². The van der Waals surface area contributed by atoms with Crippen molar-refractivity contribution in [1.29, 1.82) is 0 Å². The number of nitrogens with zero attached hydrogens (tertiary/aromatic N) is 1. The predicted octanol–water partition coefficient (Wildman–Crippen LogP) is 1.94. The third-order valence-corrected chi connectivity index (χ3v) is 3.46. The molecule has 0 aliphatic heterocycles. The molecule has 1 aromatic heterocycles. The second-order valence-electron chi connectivity index (χ2n) is 5.14. The third kappa shape index (κ3) is 4.28. The number of nitrogens with one attached hydrogen (secondary N) is 1. The summed E-state index contributed by atoms with van der Waals surface area (Å²) in [6.45, 7) is 0.565. The molecule has 22 heavy (non-hydrogen) atoms. The van der Waals surface area contributed by atoms with Gasteiger partial charge < -0.3 is 19.4 Å². The van der Waals surface area contributed by atoms with E-state index >= 15 is 0 Å². The average molecular weight is 302 g/mol. The maximum Gasteiger partial charge on any atom is 0.224 e. The molecule has 0 spiro atoms. The van der Waals surface area contributed by atoms with Gasteiger partial charge in [-0.3, -0.25) is 4.79 Å². The summed E-state index contributed by atoms with van der Waals surface area (Å²) in [4.78, 5) is 11.9. The van der Waals surface area contributed by atoms with Gasteiger partial charge in [-0.2, -0.15) is 0 Å². The van der Waals surface area contributed by atoms with Crippen LogP contribution in [0.5, 0.6) is 11.5 Å². The van der Waals surface area contributed by atoms with Crippen LogP contribution in [-0.2, 0) is 24.7 Å². The van der Waals surface area contributed by atoms with Crippen molar-refractivity contribution in [3.63, 3.8) is 0 Å². The monoisotopic (exact) mass is 302 g/mol. The van der Waals surface area contributed by atoms with Gasteiger partial charge in [0, 0.05) is 26.0 Å². The first-order valence-electron chi connectivity index (χ1n) is 7.21. The number of rotatable bonds is 7. The molecular formula is C17H22N2O3. The number of hydrogen-bond acceptors (Lipinski definition) is 3. The minimum atomic E-state index is 0.0214. The Morgan fingerprint density at radius 2 is 2.05 bits per heavy atom. The number of carbonyl (C=O) groups excluding carboxylic acids is 1. The Morgan fingerprint density at radius 3 is 2.68 bits per heavy atom. The lowest BCUT2D eigenvalue weighted by molar-refractivity contribution is -0.120. The van der Waals surface area contributed by atoms with E-state index in [4.69, 9.17) is 9.47 Å². The van der Waals surface area contributed by atoms with E-state index in [-0.39, 0.29) is 5.91 Å². The van der Waals surface area contributed by atoms with E-state index in [1.807, 2.05) is 48.3 Å². The van der Waals surface area contributed by atoms with Crippen LogP contribution < -0.4 is 14.8 Å². The van der Waals surface area contributed by atoms with Crippen LogP contribution in [0.15, 0.2) is 36.7 Å². The smallest absolute Gasteiger partial charge is 0.224 e. The molecular weight excluding hydrogens is 280 g/mol. The summed E-state index contributed by atoms with van der Waals surface area (Å²) < 4.78 is 12.5. The third-order valence-electron chi connectivity index (χ3n) is 3.46. The number of amides is 1. The van der Waals surface area contributed by atoms with Gasteiger partial charge in [-0.1, -0.05) is 0 Å². The SMILES string of the molecule is COc1ccc(OC)c(CCNC(=O)Cc2ccn(C)c2)c1. The van der Waals surface area contributed by atoms with Crippen molar-refractivity contribution in [1.82, 2.24) is 9.88 Å². The molecule has 0 fully saturated rings. The Labute approximate surface area is 130 Å². The second kappa shape index (κ2) is 7.54. The van der Waals surface area contributed by atoms with Crippen LogP contribution >= 0.6 is 0 Å². The van der Waals surface area contributed by atoms with Crippen molar-refractivity contribution >= 4 is 5.91 Å². The molecule has 5 heteroatoms. The first-order chi connectivity index (χ1) is 10.6. The van der Waals surface area contributed by atoms with Gasteiger partial charge in [0.15, 0.2) is 0 Å². The maximum absolute atomic E-state index is 11.9. The highest BCUT2D eigenvalue weighted by molar-refractivity contribution is 5.78. The minimum Gasteiger partial charge on any atom is -0.497 e. The van der Waals surface area contributed by atoms with Gasteiger partial charge in [0.25, 0.3) is 0 Å². The van der Waals surface area contributed by atoms with Gasteiger partial charge in [-0.15, -0.1) is 0 Å². The summed E-state index contributed by atoms with van der Waals surface area (Å²) in [5.41, 5.74) is 2.03. The van der Waals surface area contributed by atoms with Crippen molar-refractivity contribution in [3.05, 3.63) is 47.8 Å². The van der Waals surface area contributed by atoms with Crippen molar-refractivity contribution in [2.45, 2.75) is 12.8 Å². The quantitative estimate of drug-likeness (QED) is 0.850. The minimum absolute atomic E-state index is 0.0214. The number of carbonyl (C=O) groups is 1. The van der Waals surface area contributed by atoms with Crippen molar-refractivity contribution in [2.24, 2.45) is 7.05 Å². The largest absolute Gasteiger partial charge is 0.497 e. The van der Waals surface area contributed by atoms with Gasteiger partial charge in [0.1, 0.15) is 11.5 Å². The number of aromatic nitrogens is 1. The molecule has 1 amide bonds. The van der Waals surface area contributed by atoms with Crippen molar-refractivity contribution in [3.8, 4) is 11.5 Å². The number of benzene rings is 1. The molecule has 0 atom stereocenters. The lowest BCUT2D eigenvalue weighted by Gasteiger charge is -2.11. The summed E-state index contributed by atoms with van der Waals surface area (Å²) in [6, 6.07) is 7.61. The summed E-state index contributed by atoms with van der Waals surface area (Å²) in [7, 11) is 5.21. The van der Waals surface area contributed by atoms with E-state index in [9.17, 15) is 4.79 Å². The van der Waals surface area contributed by atoms with Gasteiger partial charge in [-0.05, 0) is 41.8 Å². The average Bonchev–Trinajstić information content (AvgIpc) is 2.92. The van der Waals surface area contributed by atoms with Crippen LogP contribution in [0.25, 0.3) is 0 Å². The highest BCUT2D eigenvalue weighted by atomic mass is 16.5. The molecule has 118 valence electrons. The van der Waals surface area contributed by atoms with E-state index in [1.165, 1.54) is 0 Å². The normalized spacial score (nSPS) is 10.3. The fourth-order valence-electron chi connectivity index (χ4n) is 2.33. The number of ether oxygens (including phenoxy) is 2. The number of hydrogen-bond donors (Lipinski definition) is 1. The molecule has 0 aliphatic rings. The van der Waals surface area contributed by atoms with Crippen LogP contribution in [-0.4, -0.2) is 31.2 Å². The fraction of sp³-hybridized carbons (Fsp3) is 0.353. The van der Waals surface area contributed by atoms with Crippen LogP contribution in [0.4, 0.5) is 0 Å². The first kappa shape index (κ1) is 15.9. The topological polar surface area (TPSA) is 52.5 Å². The molecule has 0 aliphatic carbocycles. The van der Waals surface area contributed by atoms with Gasteiger partial charge >= 0.3 is 0 Å². The Balaban J connectivity index is 1.86. The predicted molar refractivity (Wildman–Crippen MR) is 85.4 cm³/mol. The van der Waals surface area contributed by atoms with E-state index in [0.717, 1.165) is 22.6 Å². The van der Waals surface area contributed by atoms with E-state index < -0.39 is 0 Å². The fourth-order valence-corrected chi connectivity index (χ4v) is 2.33. The molecule has 0 unspecified atom stereocenters. The Morgan fingerprint density at radius 1 is 1.23 bits per heavy atom. The van der Waals surface area contributed by atoms with E-state index in [0.29, 0.717) is 19.4 Å². The van der Waals surface area contributed by atoms with Crippen LogP contribution in [0, 0.1) is 0 Å². The Kier molecular flexibility index (Phi) is 5.47. The Hall–Kier alpha value is -2.43. The lowest BCUT2D eigenvalue weighted by atomic mass is 10.1. The standard InChI is InChI=1S/C17H22N2O3/c1-19-9-7-13(12-19)10-17(20)18-8-6-14-11-15(21-2)4-5-16(14)22-3/h4-5,7,9,11-12H,6,8,10H2,1-3H3,(H,18,20). The highest BCUT2D eigenvalue weighted by Crippen LogP contribution is 2.24. The molecule has 2 rings (SSSR count). The molecule has 0 bridgehead atoms. The number of aryl methyl sites for hydroxylation is 1. The van der Waals surface area contributed by atoms with Gasteiger partial charge in [-0.25, -0.2) is 0 Å². The number of methoxy groups -OCH3 is 2. The van der Waals surface area contributed by atoms with Gasteiger partial charge in [0.05, 0.1) is 20.6 Å². The zero-order valence-corrected chi connectivity index (χ0v) is 13.3. The van der Waals surface area contributed by atoms with Crippen LogP contribution in [0.2, 0.25) is 0 Å². The molecule has 0 saturated carbocycles. The van der Waals surface area contributed by atoms with Crippen LogP contribution in [0.3, 0.4) is 0 Å². The van der Waals surface area contributed by atoms with Crippen molar-refractivity contribution < 1.29 is 14.3 Å². The molecule has 1 N–H and O–H groups in total. The Bertz CT molecular complexity index is 635. The first-order valence-corrected chi connectivity index (χ1v) is 7.21. The molecule has 0 saturated heterocycles. The molecule has 1 heterocycles. The summed E-state index contributed by atoms with van der Waals surface area (Å²) in [5.74, 6) is 1.61. The highest BCUT2D eigenvalue weighted by Gasteiger charge is 2.07. The maximum atomic E-state index is 11.9. The van der Waals surface area contributed by atoms with Crippen LogP contribution in [0.1, 0.15) is 11.1 Å². The molecule has 0 radical (unpaired) electrons. The molecule has 1 aromatic carbocycles. The zero-order valence-electron chi connectivity index (χ0n) is 13.3. The summed E-state index contributed by atoms with van der Waals surface area (Å²) in [5, 5.41) is 2.93. The molecule has 5 nitrogen and oxygen atoms in total. The molecule has 2 aromatic rings. The lowest BCUT2D eigenvalue weighted by Crippen LogP contribution is -2.27. The van der Waals surface area contributed by atoms with Gasteiger partial charge in [0.2, 0.25) is 5.91 Å². The summed E-state index contributed by atoms with van der Waals surface area (Å²) in [6.07, 6.45) is 4.98. The second-order valence-corrected chi connectivity index (χ2v) is 5.14. The summed E-state index contributed by atoms with van der Waals surface area (Å²) >= 11 is 0. The zero-order chi connectivity index (χ0) is 15.9. The van der Waals surface area contributed by atoms with E-state index in [1.54, 1.807) is 14.2 Å².